The first kappa shape index (κ1) is 14.2. The van der Waals surface area contributed by atoms with E-state index in [2.05, 4.69) is 31.9 Å². The Morgan fingerprint density at radius 1 is 1.50 bits per heavy atom. The zero-order valence-electron chi connectivity index (χ0n) is 9.59. The zero-order chi connectivity index (χ0) is 12.3. The molecule has 0 aliphatic heterocycles. The van der Waals surface area contributed by atoms with E-state index in [0.717, 1.165) is 10.9 Å². The minimum Gasteiger partial charge on any atom is -0.450 e. The first-order valence-electron chi connectivity index (χ1n) is 5.03. The first-order valence-corrected chi connectivity index (χ1v) is 6.62. The summed E-state index contributed by atoms with van der Waals surface area (Å²) in [7, 11) is 1.67. The Balaban J connectivity index is 2.56. The first-order chi connectivity index (χ1) is 7.35. The molecule has 1 atom stereocenters. The van der Waals surface area contributed by atoms with Crippen LogP contribution in [0.1, 0.15) is 38.6 Å². The molecule has 5 heteroatoms. The van der Waals surface area contributed by atoms with E-state index < -0.39 is 6.10 Å². The molecule has 0 aliphatic carbocycles. The van der Waals surface area contributed by atoms with Gasteiger partial charge in [0.15, 0.2) is 4.67 Å². The van der Waals surface area contributed by atoms with Crippen molar-refractivity contribution in [2.75, 3.05) is 7.11 Å². The smallest absolute Gasteiger partial charge is 0.183 e. The predicted octanol–water partition coefficient (Wildman–Crippen LogP) is 4.04. The molecule has 1 heterocycles. The van der Waals surface area contributed by atoms with Gasteiger partial charge < -0.3 is 14.3 Å². The number of rotatable bonds is 5. The quantitative estimate of drug-likeness (QED) is 0.866. The maximum atomic E-state index is 9.93. The van der Waals surface area contributed by atoms with Gasteiger partial charge in [0, 0.05) is 7.11 Å². The van der Waals surface area contributed by atoms with Crippen LogP contribution in [0.5, 0.6) is 0 Å². The molecule has 92 valence electrons. The average Bonchev–Trinajstić information content (AvgIpc) is 2.56. The normalized spacial score (nSPS) is 14.1. The molecule has 1 aromatic heterocycles. The van der Waals surface area contributed by atoms with Crippen LogP contribution in [-0.2, 0) is 4.74 Å². The molecule has 1 unspecified atom stereocenters. The second-order valence-corrected chi connectivity index (χ2v) is 5.86. The molecule has 0 saturated carbocycles. The van der Waals surface area contributed by atoms with E-state index in [1.807, 2.05) is 13.8 Å². The summed E-state index contributed by atoms with van der Waals surface area (Å²) in [5, 5.41) is 9.93. The van der Waals surface area contributed by atoms with E-state index in [9.17, 15) is 5.11 Å². The number of ether oxygens (including phenoxy) is 1. The van der Waals surface area contributed by atoms with E-state index in [4.69, 9.17) is 9.15 Å². The molecule has 0 aliphatic rings. The number of aliphatic hydroxyl groups is 1. The van der Waals surface area contributed by atoms with Gasteiger partial charge in [-0.3, -0.25) is 0 Å². The maximum Gasteiger partial charge on any atom is 0.183 e. The molecule has 16 heavy (non-hydrogen) atoms. The van der Waals surface area contributed by atoms with Crippen LogP contribution in [0.25, 0.3) is 0 Å². The highest BCUT2D eigenvalue weighted by Crippen LogP contribution is 2.32. The lowest BCUT2D eigenvalue weighted by Gasteiger charge is -2.23. The minimum atomic E-state index is -0.600. The zero-order valence-corrected chi connectivity index (χ0v) is 12.8. The van der Waals surface area contributed by atoms with Crippen LogP contribution >= 0.6 is 31.9 Å². The van der Waals surface area contributed by atoms with Crippen LogP contribution in [-0.4, -0.2) is 17.8 Å². The van der Waals surface area contributed by atoms with E-state index in [1.54, 1.807) is 13.2 Å². The SMILES string of the molecule is COC(C)(C)CCC(O)c1cc(Br)c(Br)o1. The minimum absolute atomic E-state index is 0.220. The van der Waals surface area contributed by atoms with Crippen LogP contribution < -0.4 is 0 Å². The van der Waals surface area contributed by atoms with Gasteiger partial charge in [-0.15, -0.1) is 0 Å². The van der Waals surface area contributed by atoms with Gasteiger partial charge in [0.05, 0.1) is 10.1 Å². The van der Waals surface area contributed by atoms with Crippen molar-refractivity contribution in [2.24, 2.45) is 0 Å². The molecular weight excluding hydrogens is 340 g/mol. The number of methoxy groups -OCH3 is 1. The summed E-state index contributed by atoms with van der Waals surface area (Å²) in [6, 6.07) is 1.77. The third kappa shape index (κ3) is 3.87. The van der Waals surface area contributed by atoms with Crippen molar-refractivity contribution in [3.8, 4) is 0 Å². The molecule has 0 fully saturated rings. The molecule has 0 saturated heterocycles. The third-order valence-corrected chi connectivity index (χ3v) is 4.28. The van der Waals surface area contributed by atoms with Gasteiger partial charge in [0.1, 0.15) is 11.9 Å². The standard InChI is InChI=1S/C11H16Br2O3/c1-11(2,15-3)5-4-8(14)9-6-7(12)10(13)16-9/h6,8,14H,4-5H2,1-3H3. The Morgan fingerprint density at radius 2 is 2.12 bits per heavy atom. The Bertz CT molecular complexity index is 327. The lowest BCUT2D eigenvalue weighted by molar-refractivity contribution is 0.000700. The number of aliphatic hydroxyl groups excluding tert-OH is 1. The summed E-state index contributed by atoms with van der Waals surface area (Å²) in [6.45, 7) is 3.99. The summed E-state index contributed by atoms with van der Waals surface area (Å²) in [5.74, 6) is 0.561. The van der Waals surface area contributed by atoms with Crippen LogP contribution in [0.15, 0.2) is 19.6 Å². The highest BCUT2D eigenvalue weighted by Gasteiger charge is 2.21. The molecule has 1 rings (SSSR count). The topological polar surface area (TPSA) is 42.6 Å². The van der Waals surface area contributed by atoms with Crippen LogP contribution in [0.4, 0.5) is 0 Å². The molecule has 0 radical (unpaired) electrons. The van der Waals surface area contributed by atoms with Crippen molar-refractivity contribution < 1.29 is 14.3 Å². The van der Waals surface area contributed by atoms with Gasteiger partial charge in [-0.05, 0) is 64.6 Å². The Hall–Kier alpha value is 0.160. The van der Waals surface area contributed by atoms with Crippen LogP contribution in [0, 0.1) is 0 Å². The summed E-state index contributed by atoms with van der Waals surface area (Å²) < 4.78 is 12.1. The summed E-state index contributed by atoms with van der Waals surface area (Å²) >= 11 is 6.55. The third-order valence-electron chi connectivity index (χ3n) is 2.57. The number of furan rings is 1. The Kier molecular flexibility index (Phi) is 5.04. The lowest BCUT2D eigenvalue weighted by atomic mass is 9.99. The van der Waals surface area contributed by atoms with Crippen molar-refractivity contribution in [1.29, 1.82) is 0 Å². The fourth-order valence-corrected chi connectivity index (χ4v) is 1.86. The largest absolute Gasteiger partial charge is 0.450 e. The molecule has 0 bridgehead atoms. The van der Waals surface area contributed by atoms with Gasteiger partial charge in [-0.1, -0.05) is 0 Å². The second-order valence-electron chi connectivity index (χ2n) is 4.29. The Morgan fingerprint density at radius 3 is 2.56 bits per heavy atom. The van der Waals surface area contributed by atoms with Gasteiger partial charge in [-0.2, -0.15) is 0 Å². The van der Waals surface area contributed by atoms with E-state index in [-0.39, 0.29) is 5.60 Å². The molecule has 1 N–H and O–H groups in total. The Labute approximate surface area is 112 Å². The van der Waals surface area contributed by atoms with Crippen molar-refractivity contribution in [3.05, 3.63) is 21.0 Å². The van der Waals surface area contributed by atoms with Gasteiger partial charge >= 0.3 is 0 Å². The number of halogens is 2. The summed E-state index contributed by atoms with van der Waals surface area (Å²) in [5.41, 5.74) is -0.220. The number of hydrogen-bond donors (Lipinski definition) is 1. The molecule has 3 nitrogen and oxygen atoms in total. The summed E-state index contributed by atoms with van der Waals surface area (Å²) in [4.78, 5) is 0. The van der Waals surface area contributed by atoms with E-state index in [0.29, 0.717) is 16.9 Å². The maximum absolute atomic E-state index is 9.93. The molecular formula is C11H16Br2O3. The lowest BCUT2D eigenvalue weighted by Crippen LogP contribution is -2.23. The van der Waals surface area contributed by atoms with Crippen LogP contribution in [0.3, 0.4) is 0 Å². The molecule has 0 amide bonds. The molecule has 1 aromatic rings. The highest BCUT2D eigenvalue weighted by atomic mass is 79.9. The fraction of sp³-hybridized carbons (Fsp3) is 0.636. The average molecular weight is 356 g/mol. The molecule has 0 spiro atoms. The van der Waals surface area contributed by atoms with Crippen LogP contribution in [0.2, 0.25) is 0 Å². The predicted molar refractivity (Wildman–Crippen MR) is 69.4 cm³/mol. The van der Waals surface area contributed by atoms with Gasteiger partial charge in [0.25, 0.3) is 0 Å². The van der Waals surface area contributed by atoms with Crippen molar-refractivity contribution in [2.45, 2.75) is 38.4 Å². The number of hydrogen-bond acceptors (Lipinski definition) is 3. The van der Waals surface area contributed by atoms with E-state index >= 15 is 0 Å². The monoisotopic (exact) mass is 354 g/mol. The van der Waals surface area contributed by atoms with Gasteiger partial charge in [-0.25, -0.2) is 0 Å². The van der Waals surface area contributed by atoms with Crippen molar-refractivity contribution >= 4 is 31.9 Å². The van der Waals surface area contributed by atoms with Crippen molar-refractivity contribution in [1.82, 2.24) is 0 Å². The fourth-order valence-electron chi connectivity index (χ4n) is 1.26. The second kappa shape index (κ2) is 5.67. The summed E-state index contributed by atoms with van der Waals surface area (Å²) in [6.07, 6.45) is 0.769. The highest BCUT2D eigenvalue weighted by molar-refractivity contribution is 9.13. The molecule has 0 aromatic carbocycles. The van der Waals surface area contributed by atoms with E-state index in [1.165, 1.54) is 0 Å². The van der Waals surface area contributed by atoms with Crippen molar-refractivity contribution in [3.63, 3.8) is 0 Å². The van der Waals surface area contributed by atoms with Gasteiger partial charge in [0.2, 0.25) is 0 Å².